The number of pyridine rings is 1. The van der Waals surface area contributed by atoms with Gasteiger partial charge in [-0.05, 0) is 37.2 Å². The average Bonchev–Trinajstić information content (AvgIpc) is 2.55. The van der Waals surface area contributed by atoms with Crippen LogP contribution in [0.1, 0.15) is 29.3 Å². The normalized spacial score (nSPS) is 14.0. The smallest absolute Gasteiger partial charge is 0.387 e. The SMILES string of the molecule is NCCCNCC(O)c1cc(C(F)(F)F)nc2c(C(F)(F)F)cccc12. The molecule has 4 nitrogen and oxygen atoms in total. The Morgan fingerprint density at radius 2 is 1.81 bits per heavy atom. The minimum Gasteiger partial charge on any atom is -0.387 e. The number of para-hydroxylation sites is 1. The van der Waals surface area contributed by atoms with E-state index in [9.17, 15) is 31.4 Å². The van der Waals surface area contributed by atoms with Crippen molar-refractivity contribution in [3.63, 3.8) is 0 Å². The summed E-state index contributed by atoms with van der Waals surface area (Å²) in [5.41, 5.74) is 1.43. The van der Waals surface area contributed by atoms with E-state index in [1.165, 1.54) is 6.07 Å². The van der Waals surface area contributed by atoms with Gasteiger partial charge in [-0.15, -0.1) is 0 Å². The number of hydrogen-bond donors (Lipinski definition) is 3. The van der Waals surface area contributed by atoms with Crippen LogP contribution in [0.2, 0.25) is 0 Å². The second-order valence-electron chi connectivity index (χ2n) is 5.66. The van der Waals surface area contributed by atoms with Crippen molar-refractivity contribution in [2.45, 2.75) is 24.9 Å². The van der Waals surface area contributed by atoms with Gasteiger partial charge in [0.25, 0.3) is 0 Å². The summed E-state index contributed by atoms with van der Waals surface area (Å²) in [7, 11) is 0. The van der Waals surface area contributed by atoms with Crippen LogP contribution in [0.25, 0.3) is 10.9 Å². The molecule has 0 saturated carbocycles. The molecule has 1 unspecified atom stereocenters. The van der Waals surface area contributed by atoms with Crippen molar-refractivity contribution in [2.24, 2.45) is 5.73 Å². The Kier molecular flexibility index (Phi) is 6.09. The van der Waals surface area contributed by atoms with E-state index in [-0.39, 0.29) is 17.5 Å². The van der Waals surface area contributed by atoms with Crippen LogP contribution < -0.4 is 11.1 Å². The van der Waals surface area contributed by atoms with E-state index in [2.05, 4.69) is 10.3 Å². The first-order valence-electron chi connectivity index (χ1n) is 7.72. The average molecular weight is 381 g/mol. The molecule has 4 N–H and O–H groups in total. The van der Waals surface area contributed by atoms with Gasteiger partial charge in [-0.2, -0.15) is 26.3 Å². The Balaban J connectivity index is 2.57. The second-order valence-corrected chi connectivity index (χ2v) is 5.66. The number of halogens is 6. The molecular formula is C16H17F6N3O. The number of nitrogens with one attached hydrogen (secondary N) is 1. The molecule has 1 aromatic carbocycles. The molecule has 26 heavy (non-hydrogen) atoms. The maximum Gasteiger partial charge on any atom is 0.433 e. The van der Waals surface area contributed by atoms with Crippen molar-refractivity contribution >= 4 is 10.9 Å². The summed E-state index contributed by atoms with van der Waals surface area (Å²) in [6, 6.07) is 3.51. The van der Waals surface area contributed by atoms with Crippen LogP contribution in [0.4, 0.5) is 26.3 Å². The van der Waals surface area contributed by atoms with Crippen LogP contribution in [0.5, 0.6) is 0 Å². The molecule has 0 amide bonds. The molecule has 1 heterocycles. The Morgan fingerprint density at radius 1 is 1.12 bits per heavy atom. The number of hydrogen-bond acceptors (Lipinski definition) is 4. The number of aliphatic hydroxyl groups is 1. The number of nitrogens with two attached hydrogens (primary N) is 1. The number of alkyl halides is 6. The molecule has 0 aliphatic heterocycles. The van der Waals surface area contributed by atoms with E-state index in [4.69, 9.17) is 5.73 Å². The fourth-order valence-corrected chi connectivity index (χ4v) is 2.50. The highest BCUT2D eigenvalue weighted by Crippen LogP contribution is 2.38. The molecule has 0 spiro atoms. The van der Waals surface area contributed by atoms with Crippen LogP contribution in [-0.4, -0.2) is 29.7 Å². The van der Waals surface area contributed by atoms with Gasteiger partial charge in [-0.25, -0.2) is 4.98 Å². The van der Waals surface area contributed by atoms with Crippen molar-refractivity contribution in [2.75, 3.05) is 19.6 Å². The van der Waals surface area contributed by atoms with E-state index < -0.39 is 35.2 Å². The van der Waals surface area contributed by atoms with Crippen molar-refractivity contribution in [1.29, 1.82) is 0 Å². The zero-order valence-corrected chi connectivity index (χ0v) is 13.5. The van der Waals surface area contributed by atoms with Gasteiger partial charge in [0, 0.05) is 11.9 Å². The third-order valence-electron chi connectivity index (χ3n) is 3.72. The molecule has 0 fully saturated rings. The highest BCUT2D eigenvalue weighted by atomic mass is 19.4. The van der Waals surface area contributed by atoms with Crippen LogP contribution in [0.3, 0.4) is 0 Å². The number of fused-ring (bicyclic) bond motifs is 1. The van der Waals surface area contributed by atoms with E-state index in [0.717, 1.165) is 6.07 Å². The van der Waals surface area contributed by atoms with Gasteiger partial charge in [0.05, 0.1) is 17.2 Å². The van der Waals surface area contributed by atoms with Gasteiger partial charge in [-0.3, -0.25) is 0 Å². The van der Waals surface area contributed by atoms with Crippen molar-refractivity contribution in [3.05, 3.63) is 41.1 Å². The summed E-state index contributed by atoms with van der Waals surface area (Å²) in [5.74, 6) is 0. The van der Waals surface area contributed by atoms with Gasteiger partial charge in [-0.1, -0.05) is 12.1 Å². The number of aliphatic hydroxyl groups excluding tert-OH is 1. The highest BCUT2D eigenvalue weighted by Gasteiger charge is 2.37. The Morgan fingerprint density at radius 3 is 2.38 bits per heavy atom. The van der Waals surface area contributed by atoms with E-state index in [1.54, 1.807) is 0 Å². The fourth-order valence-electron chi connectivity index (χ4n) is 2.50. The molecule has 0 aliphatic carbocycles. The molecule has 0 bridgehead atoms. The molecule has 2 rings (SSSR count). The van der Waals surface area contributed by atoms with Crippen LogP contribution in [0.15, 0.2) is 24.3 Å². The Hall–Kier alpha value is -1.91. The Bertz CT molecular complexity index is 760. The predicted octanol–water partition coefficient (Wildman–Crippen LogP) is 3.24. The van der Waals surface area contributed by atoms with E-state index in [1.807, 2.05) is 0 Å². The van der Waals surface area contributed by atoms with Gasteiger partial charge in [0.15, 0.2) is 0 Å². The quantitative estimate of drug-likeness (QED) is 0.531. The van der Waals surface area contributed by atoms with Crippen molar-refractivity contribution in [1.82, 2.24) is 10.3 Å². The second kappa shape index (κ2) is 7.77. The van der Waals surface area contributed by atoms with Gasteiger partial charge in [0.2, 0.25) is 0 Å². The zero-order chi connectivity index (χ0) is 19.5. The van der Waals surface area contributed by atoms with Crippen LogP contribution in [0, 0.1) is 0 Å². The molecule has 144 valence electrons. The van der Waals surface area contributed by atoms with Gasteiger partial charge >= 0.3 is 12.4 Å². The number of benzene rings is 1. The minimum absolute atomic E-state index is 0.132. The van der Waals surface area contributed by atoms with Gasteiger partial charge in [0.1, 0.15) is 5.69 Å². The fraction of sp³-hybridized carbons (Fsp3) is 0.438. The standard InChI is InChI=1S/C16H17F6N3O/c17-15(18,19)11-4-1-3-9-10(12(26)8-24-6-2-5-23)7-13(16(20,21)22)25-14(9)11/h1,3-4,7,12,24,26H,2,5-6,8,23H2. The van der Waals surface area contributed by atoms with Gasteiger partial charge < -0.3 is 16.2 Å². The maximum atomic E-state index is 13.2. The van der Waals surface area contributed by atoms with Crippen molar-refractivity contribution < 1.29 is 31.4 Å². The molecular weight excluding hydrogens is 364 g/mol. The Labute approximate surface area is 145 Å². The summed E-state index contributed by atoms with van der Waals surface area (Å²) in [6.45, 7) is 0.664. The monoisotopic (exact) mass is 381 g/mol. The largest absolute Gasteiger partial charge is 0.433 e. The molecule has 1 aromatic heterocycles. The number of rotatable bonds is 6. The lowest BCUT2D eigenvalue weighted by atomic mass is 9.99. The first kappa shape index (κ1) is 20.4. The molecule has 0 radical (unpaired) electrons. The lowest BCUT2D eigenvalue weighted by Gasteiger charge is -2.19. The van der Waals surface area contributed by atoms with E-state index >= 15 is 0 Å². The predicted molar refractivity (Wildman–Crippen MR) is 83.2 cm³/mol. The van der Waals surface area contributed by atoms with Crippen LogP contribution in [-0.2, 0) is 12.4 Å². The minimum atomic E-state index is -4.95. The lowest BCUT2D eigenvalue weighted by molar-refractivity contribution is -0.142. The molecule has 0 saturated heterocycles. The first-order chi connectivity index (χ1) is 12.1. The summed E-state index contributed by atoms with van der Waals surface area (Å²) >= 11 is 0. The summed E-state index contributed by atoms with van der Waals surface area (Å²) in [5, 5.41) is 12.9. The summed E-state index contributed by atoms with van der Waals surface area (Å²) in [6.07, 6.45) is -10.7. The van der Waals surface area contributed by atoms with E-state index in [0.29, 0.717) is 31.6 Å². The topological polar surface area (TPSA) is 71.2 Å². The molecule has 0 aliphatic rings. The first-order valence-corrected chi connectivity index (χ1v) is 7.72. The third-order valence-corrected chi connectivity index (χ3v) is 3.72. The summed E-state index contributed by atoms with van der Waals surface area (Å²) < 4.78 is 78.7. The number of nitrogens with zero attached hydrogens (tertiary/aromatic N) is 1. The third kappa shape index (κ3) is 4.63. The molecule has 2 aromatic rings. The van der Waals surface area contributed by atoms with Crippen LogP contribution >= 0.6 is 0 Å². The zero-order valence-electron chi connectivity index (χ0n) is 13.5. The number of aromatic nitrogens is 1. The highest BCUT2D eigenvalue weighted by molar-refractivity contribution is 5.86. The molecule has 10 heteroatoms. The molecule has 1 atom stereocenters. The maximum absolute atomic E-state index is 13.2. The van der Waals surface area contributed by atoms with Crippen molar-refractivity contribution in [3.8, 4) is 0 Å². The lowest BCUT2D eigenvalue weighted by Crippen LogP contribution is -2.24. The summed E-state index contributed by atoms with van der Waals surface area (Å²) in [4.78, 5) is 3.17.